The molecule has 0 spiro atoms. The lowest BCUT2D eigenvalue weighted by Gasteiger charge is -2.11. The Kier molecular flexibility index (Phi) is 6.32. The average molecular weight is 326 g/mol. The first-order valence-corrected chi connectivity index (χ1v) is 8.08. The number of amides is 2. The van der Waals surface area contributed by atoms with E-state index in [1.165, 1.54) is 6.08 Å². The van der Waals surface area contributed by atoms with Crippen LogP contribution in [0.5, 0.6) is 0 Å². The van der Waals surface area contributed by atoms with Crippen LogP contribution in [0.25, 0.3) is 0 Å². The lowest BCUT2D eigenvalue weighted by molar-refractivity contribution is -0.115. The highest BCUT2D eigenvalue weighted by molar-refractivity contribution is 7.10. The first kappa shape index (κ1) is 16.7. The number of hydrogen-bond acceptors (Lipinski definition) is 3. The van der Waals surface area contributed by atoms with Gasteiger partial charge in [0, 0.05) is 11.0 Å². The summed E-state index contributed by atoms with van der Waals surface area (Å²) in [6, 6.07) is 11.0. The van der Waals surface area contributed by atoms with Crippen LogP contribution in [-0.2, 0) is 16.0 Å². The number of para-hydroxylation sites is 2. The molecule has 0 unspecified atom stereocenters. The van der Waals surface area contributed by atoms with Crippen LogP contribution < -0.4 is 10.6 Å². The number of carbonyl (C=O) groups excluding carboxylic acids is 2. The standard InChI is InChI=1S/C18H18N2O2S/c1-2-3-4-11-17(21)19-15-9-5-6-10-16(15)20-18(22)13-14-8-7-12-23-14/h2-12H,13H2,1H3,(H,19,21)(H,20,22). The Bertz CT molecular complexity index is 718. The minimum Gasteiger partial charge on any atom is -0.324 e. The third-order valence-electron chi connectivity index (χ3n) is 2.93. The van der Waals surface area contributed by atoms with Crippen molar-refractivity contribution in [3.63, 3.8) is 0 Å². The minimum atomic E-state index is -0.247. The van der Waals surface area contributed by atoms with Crippen LogP contribution >= 0.6 is 11.3 Å². The van der Waals surface area contributed by atoms with Gasteiger partial charge in [0.25, 0.3) is 0 Å². The number of nitrogens with one attached hydrogen (secondary N) is 2. The molecule has 0 radical (unpaired) electrons. The summed E-state index contributed by atoms with van der Waals surface area (Å²) >= 11 is 1.54. The van der Waals surface area contributed by atoms with Crippen molar-refractivity contribution in [2.75, 3.05) is 10.6 Å². The largest absolute Gasteiger partial charge is 0.324 e. The lowest BCUT2D eigenvalue weighted by atomic mass is 10.2. The molecule has 0 bridgehead atoms. The predicted octanol–water partition coefficient (Wildman–Crippen LogP) is 4.00. The fourth-order valence-electron chi connectivity index (χ4n) is 1.90. The van der Waals surface area contributed by atoms with Crippen molar-refractivity contribution in [2.24, 2.45) is 0 Å². The van der Waals surface area contributed by atoms with Crippen molar-refractivity contribution < 1.29 is 9.59 Å². The Morgan fingerprint density at radius 1 is 1.04 bits per heavy atom. The molecular weight excluding hydrogens is 308 g/mol. The molecule has 0 aliphatic rings. The zero-order valence-corrected chi connectivity index (χ0v) is 13.6. The molecule has 0 saturated heterocycles. The molecule has 2 N–H and O–H groups in total. The fraction of sp³-hybridized carbons (Fsp3) is 0.111. The second kappa shape index (κ2) is 8.70. The van der Waals surface area contributed by atoms with Gasteiger partial charge in [0.1, 0.15) is 0 Å². The van der Waals surface area contributed by atoms with Crippen LogP contribution in [0.2, 0.25) is 0 Å². The van der Waals surface area contributed by atoms with Gasteiger partial charge in [-0.1, -0.05) is 36.4 Å². The third-order valence-corrected chi connectivity index (χ3v) is 3.80. The molecule has 23 heavy (non-hydrogen) atoms. The predicted molar refractivity (Wildman–Crippen MR) is 95.7 cm³/mol. The molecular formula is C18H18N2O2S. The first-order valence-electron chi connectivity index (χ1n) is 7.20. The lowest BCUT2D eigenvalue weighted by Crippen LogP contribution is -2.16. The summed E-state index contributed by atoms with van der Waals surface area (Å²) in [5.41, 5.74) is 1.16. The van der Waals surface area contributed by atoms with Gasteiger partial charge in [-0.3, -0.25) is 9.59 Å². The summed E-state index contributed by atoms with van der Waals surface area (Å²) in [5.74, 6) is -0.360. The van der Waals surface area contributed by atoms with E-state index in [4.69, 9.17) is 0 Å². The molecule has 0 aliphatic heterocycles. The molecule has 0 atom stereocenters. The Morgan fingerprint density at radius 2 is 1.78 bits per heavy atom. The quantitative estimate of drug-likeness (QED) is 0.622. The van der Waals surface area contributed by atoms with E-state index in [1.54, 1.807) is 41.7 Å². The topological polar surface area (TPSA) is 58.2 Å². The van der Waals surface area contributed by atoms with Crippen molar-refractivity contribution >= 4 is 34.5 Å². The van der Waals surface area contributed by atoms with Crippen LogP contribution in [0, 0.1) is 0 Å². The highest BCUT2D eigenvalue weighted by Gasteiger charge is 2.09. The van der Waals surface area contributed by atoms with E-state index in [0.717, 1.165) is 4.88 Å². The van der Waals surface area contributed by atoms with Crippen molar-refractivity contribution in [3.8, 4) is 0 Å². The summed E-state index contributed by atoms with van der Waals surface area (Å²) in [6.45, 7) is 1.88. The first-order chi connectivity index (χ1) is 11.2. The van der Waals surface area contributed by atoms with Gasteiger partial charge in [-0.05, 0) is 30.5 Å². The van der Waals surface area contributed by atoms with E-state index in [2.05, 4.69) is 10.6 Å². The van der Waals surface area contributed by atoms with Gasteiger partial charge in [-0.25, -0.2) is 0 Å². The molecule has 0 saturated carbocycles. The highest BCUT2D eigenvalue weighted by atomic mass is 32.1. The van der Waals surface area contributed by atoms with Crippen LogP contribution in [0.3, 0.4) is 0 Å². The summed E-state index contributed by atoms with van der Waals surface area (Å²) in [7, 11) is 0. The molecule has 1 aromatic heterocycles. The molecule has 2 amide bonds. The maximum absolute atomic E-state index is 12.1. The van der Waals surface area contributed by atoms with Crippen molar-refractivity contribution in [1.82, 2.24) is 0 Å². The SMILES string of the molecule is CC=CC=CC(=O)Nc1ccccc1NC(=O)Cc1cccs1. The van der Waals surface area contributed by atoms with E-state index in [1.807, 2.05) is 36.6 Å². The van der Waals surface area contributed by atoms with Gasteiger partial charge in [0.2, 0.25) is 11.8 Å². The van der Waals surface area contributed by atoms with Crippen molar-refractivity contribution in [2.45, 2.75) is 13.3 Å². The van der Waals surface area contributed by atoms with Crippen LogP contribution in [-0.4, -0.2) is 11.8 Å². The van der Waals surface area contributed by atoms with Gasteiger partial charge in [0.05, 0.1) is 17.8 Å². The molecule has 2 aromatic rings. The van der Waals surface area contributed by atoms with E-state index >= 15 is 0 Å². The van der Waals surface area contributed by atoms with Crippen molar-refractivity contribution in [1.29, 1.82) is 0 Å². The smallest absolute Gasteiger partial charge is 0.248 e. The maximum atomic E-state index is 12.1. The Balaban J connectivity index is 2.02. The Hall–Kier alpha value is -2.66. The fourth-order valence-corrected chi connectivity index (χ4v) is 2.60. The maximum Gasteiger partial charge on any atom is 0.248 e. The molecule has 1 heterocycles. The van der Waals surface area contributed by atoms with Crippen molar-refractivity contribution in [3.05, 3.63) is 71.0 Å². The third kappa shape index (κ3) is 5.56. The number of thiophene rings is 1. The van der Waals surface area contributed by atoms with Gasteiger partial charge in [-0.2, -0.15) is 0 Å². The zero-order valence-electron chi connectivity index (χ0n) is 12.8. The van der Waals surface area contributed by atoms with Crippen LogP contribution in [0.1, 0.15) is 11.8 Å². The van der Waals surface area contributed by atoms with E-state index in [0.29, 0.717) is 17.8 Å². The molecule has 0 fully saturated rings. The number of carbonyl (C=O) groups is 2. The number of allylic oxidation sites excluding steroid dienone is 3. The summed E-state index contributed by atoms with van der Waals surface area (Å²) in [4.78, 5) is 24.9. The summed E-state index contributed by atoms with van der Waals surface area (Å²) in [6.07, 6.45) is 7.02. The number of benzene rings is 1. The van der Waals surface area contributed by atoms with Gasteiger partial charge < -0.3 is 10.6 Å². The molecule has 1 aromatic carbocycles. The zero-order chi connectivity index (χ0) is 16.5. The highest BCUT2D eigenvalue weighted by Crippen LogP contribution is 2.21. The second-order valence-corrected chi connectivity index (χ2v) is 5.76. The van der Waals surface area contributed by atoms with E-state index in [9.17, 15) is 9.59 Å². The van der Waals surface area contributed by atoms with E-state index < -0.39 is 0 Å². The molecule has 118 valence electrons. The minimum absolute atomic E-state index is 0.112. The van der Waals surface area contributed by atoms with Gasteiger partial charge >= 0.3 is 0 Å². The molecule has 5 heteroatoms. The van der Waals surface area contributed by atoms with E-state index in [-0.39, 0.29) is 11.8 Å². The normalized spacial score (nSPS) is 11.0. The summed E-state index contributed by atoms with van der Waals surface area (Å²) in [5, 5.41) is 7.54. The van der Waals surface area contributed by atoms with Gasteiger partial charge in [0.15, 0.2) is 0 Å². The average Bonchev–Trinajstić information content (AvgIpc) is 3.02. The monoisotopic (exact) mass is 326 g/mol. The number of rotatable bonds is 6. The second-order valence-electron chi connectivity index (χ2n) is 4.72. The molecule has 4 nitrogen and oxygen atoms in total. The Morgan fingerprint density at radius 3 is 2.43 bits per heavy atom. The van der Waals surface area contributed by atoms with Crippen LogP contribution in [0.4, 0.5) is 11.4 Å². The molecule has 2 rings (SSSR count). The number of anilines is 2. The van der Waals surface area contributed by atoms with Gasteiger partial charge in [-0.15, -0.1) is 11.3 Å². The number of hydrogen-bond donors (Lipinski definition) is 2. The van der Waals surface area contributed by atoms with Crippen LogP contribution in [0.15, 0.2) is 66.1 Å². The molecule has 0 aliphatic carbocycles. The Labute approximate surface area is 139 Å². The summed E-state index contributed by atoms with van der Waals surface area (Å²) < 4.78 is 0.